The van der Waals surface area contributed by atoms with E-state index in [1.807, 2.05) is 0 Å². The smallest absolute Gasteiger partial charge is 0.00362 e. The van der Waals surface area contributed by atoms with Crippen LogP contribution in [-0.4, -0.2) is 12.1 Å². The Hall–Kier alpha value is -0.0800. The minimum Gasteiger partial charge on any atom is -0.328 e. The van der Waals surface area contributed by atoms with E-state index in [-0.39, 0.29) is 0 Å². The molecule has 2 heteroatoms. The van der Waals surface area contributed by atoms with Crippen molar-refractivity contribution in [3.8, 4) is 0 Å². The summed E-state index contributed by atoms with van der Waals surface area (Å²) < 4.78 is 0. The van der Waals surface area contributed by atoms with Gasteiger partial charge in [0.05, 0.1) is 0 Å². The van der Waals surface area contributed by atoms with Crippen LogP contribution in [0.4, 0.5) is 0 Å². The molecule has 0 aromatic heterocycles. The normalized spacial score (nSPS) is 15.9. The van der Waals surface area contributed by atoms with Gasteiger partial charge in [-0.25, -0.2) is 0 Å². The summed E-state index contributed by atoms with van der Waals surface area (Å²) in [5, 5.41) is 0. The molecule has 2 atom stereocenters. The molecule has 4 N–H and O–H groups in total. The molecule has 17 heavy (non-hydrogen) atoms. The molecule has 0 aromatic carbocycles. The lowest BCUT2D eigenvalue weighted by Gasteiger charge is -2.25. The van der Waals surface area contributed by atoms with Crippen molar-refractivity contribution in [1.82, 2.24) is 0 Å². The molecule has 0 saturated heterocycles. The summed E-state index contributed by atoms with van der Waals surface area (Å²) in [4.78, 5) is 0. The molecule has 0 amide bonds. The number of nitrogens with two attached hydrogens (primary N) is 2. The highest BCUT2D eigenvalue weighted by Gasteiger charge is 2.17. The Labute approximate surface area is 109 Å². The second-order valence-electron chi connectivity index (χ2n) is 6.29. The molecule has 0 heterocycles. The first-order chi connectivity index (χ1) is 7.91. The molecular formula is C15H34N2. The highest BCUT2D eigenvalue weighted by atomic mass is 14.6. The van der Waals surface area contributed by atoms with Gasteiger partial charge in [0.25, 0.3) is 0 Å². The molecule has 104 valence electrons. The summed E-state index contributed by atoms with van der Waals surface area (Å²) in [5.41, 5.74) is 12.3. The molecule has 0 fully saturated rings. The van der Waals surface area contributed by atoms with Crippen molar-refractivity contribution in [2.45, 2.75) is 91.1 Å². The Morgan fingerprint density at radius 3 is 1.47 bits per heavy atom. The fourth-order valence-corrected chi connectivity index (χ4v) is 2.22. The minimum atomic E-state index is 0.402. The zero-order chi connectivity index (χ0) is 13.3. The van der Waals surface area contributed by atoms with E-state index >= 15 is 0 Å². The van der Waals surface area contributed by atoms with Gasteiger partial charge in [0, 0.05) is 12.1 Å². The van der Waals surface area contributed by atoms with Gasteiger partial charge >= 0.3 is 0 Å². The van der Waals surface area contributed by atoms with E-state index in [2.05, 4.69) is 27.7 Å². The zero-order valence-corrected chi connectivity index (χ0v) is 12.5. The Balaban J connectivity index is 3.65. The highest BCUT2D eigenvalue weighted by Crippen LogP contribution is 2.30. The number of rotatable bonds is 10. The largest absolute Gasteiger partial charge is 0.328 e. The van der Waals surface area contributed by atoms with E-state index in [9.17, 15) is 0 Å². The maximum absolute atomic E-state index is 5.94. The SMILES string of the molecule is CCC(N)CCCC(C)(C)CCCC(N)CC. The molecule has 0 bridgehead atoms. The van der Waals surface area contributed by atoms with Gasteiger partial charge in [0.15, 0.2) is 0 Å². The van der Waals surface area contributed by atoms with E-state index in [0.29, 0.717) is 17.5 Å². The highest BCUT2D eigenvalue weighted by molar-refractivity contribution is 4.71. The summed E-state index contributed by atoms with van der Waals surface area (Å²) >= 11 is 0. The quantitative estimate of drug-likeness (QED) is 0.612. The third-order valence-corrected chi connectivity index (χ3v) is 3.91. The first kappa shape index (κ1) is 16.9. The van der Waals surface area contributed by atoms with E-state index in [1.54, 1.807) is 0 Å². The lowest BCUT2D eigenvalue weighted by atomic mass is 9.81. The van der Waals surface area contributed by atoms with Crippen molar-refractivity contribution in [2.24, 2.45) is 16.9 Å². The summed E-state index contributed by atoms with van der Waals surface area (Å²) in [6.45, 7) is 9.09. The standard InChI is InChI=1S/C15H34N2/c1-5-13(16)9-7-11-15(3,4)12-8-10-14(17)6-2/h13-14H,5-12,16-17H2,1-4H3. The molecule has 2 nitrogen and oxygen atoms in total. The number of hydrogen-bond acceptors (Lipinski definition) is 2. The van der Waals surface area contributed by atoms with Crippen LogP contribution >= 0.6 is 0 Å². The molecule has 0 aliphatic heterocycles. The van der Waals surface area contributed by atoms with Gasteiger partial charge in [0.2, 0.25) is 0 Å². The van der Waals surface area contributed by atoms with E-state index in [4.69, 9.17) is 11.5 Å². The van der Waals surface area contributed by atoms with Crippen molar-refractivity contribution >= 4 is 0 Å². The van der Waals surface area contributed by atoms with Gasteiger partial charge in [-0.2, -0.15) is 0 Å². The fourth-order valence-electron chi connectivity index (χ4n) is 2.22. The molecule has 0 rings (SSSR count). The predicted octanol–water partition coefficient (Wildman–Crippen LogP) is 3.83. The van der Waals surface area contributed by atoms with Gasteiger partial charge in [-0.15, -0.1) is 0 Å². The maximum atomic E-state index is 5.94. The van der Waals surface area contributed by atoms with E-state index in [0.717, 1.165) is 12.8 Å². The Morgan fingerprint density at radius 1 is 0.824 bits per heavy atom. The van der Waals surface area contributed by atoms with Gasteiger partial charge in [-0.05, 0) is 43.9 Å². The van der Waals surface area contributed by atoms with Crippen molar-refractivity contribution in [1.29, 1.82) is 0 Å². The summed E-state index contributed by atoms with van der Waals surface area (Å²) in [6, 6.07) is 0.804. The Kier molecular flexibility index (Phi) is 8.89. The topological polar surface area (TPSA) is 52.0 Å². The van der Waals surface area contributed by atoms with Crippen LogP contribution in [0.25, 0.3) is 0 Å². The number of hydrogen-bond donors (Lipinski definition) is 2. The van der Waals surface area contributed by atoms with Crippen molar-refractivity contribution in [3.05, 3.63) is 0 Å². The third kappa shape index (κ3) is 9.61. The molecule has 0 radical (unpaired) electrons. The second-order valence-corrected chi connectivity index (χ2v) is 6.29. The van der Waals surface area contributed by atoms with Crippen LogP contribution in [0.1, 0.15) is 79.1 Å². The van der Waals surface area contributed by atoms with E-state index < -0.39 is 0 Å². The van der Waals surface area contributed by atoms with Gasteiger partial charge in [-0.1, -0.05) is 40.5 Å². The molecule has 0 aliphatic carbocycles. The lowest BCUT2D eigenvalue weighted by molar-refractivity contribution is 0.277. The van der Waals surface area contributed by atoms with Crippen LogP contribution in [-0.2, 0) is 0 Å². The van der Waals surface area contributed by atoms with Gasteiger partial charge in [0.1, 0.15) is 0 Å². The molecule has 0 spiro atoms. The Morgan fingerprint density at radius 2 is 1.18 bits per heavy atom. The maximum Gasteiger partial charge on any atom is 0.00362 e. The van der Waals surface area contributed by atoms with Crippen LogP contribution in [0.2, 0.25) is 0 Å². The first-order valence-electron chi connectivity index (χ1n) is 7.42. The van der Waals surface area contributed by atoms with Crippen molar-refractivity contribution < 1.29 is 0 Å². The van der Waals surface area contributed by atoms with Gasteiger partial charge in [-0.3, -0.25) is 0 Å². The molecule has 2 unspecified atom stereocenters. The zero-order valence-electron chi connectivity index (χ0n) is 12.5. The Bertz CT molecular complexity index is 160. The molecule has 0 aliphatic rings. The average molecular weight is 242 g/mol. The molecule has 0 aromatic rings. The summed E-state index contributed by atoms with van der Waals surface area (Å²) in [7, 11) is 0. The van der Waals surface area contributed by atoms with Crippen molar-refractivity contribution in [2.75, 3.05) is 0 Å². The fraction of sp³-hybridized carbons (Fsp3) is 1.00. The van der Waals surface area contributed by atoms with Crippen LogP contribution in [0.3, 0.4) is 0 Å². The molecular weight excluding hydrogens is 208 g/mol. The van der Waals surface area contributed by atoms with E-state index in [1.165, 1.54) is 38.5 Å². The second kappa shape index (κ2) is 8.93. The van der Waals surface area contributed by atoms with Crippen molar-refractivity contribution in [3.63, 3.8) is 0 Å². The molecule has 0 saturated carbocycles. The lowest BCUT2D eigenvalue weighted by Crippen LogP contribution is -2.21. The minimum absolute atomic E-state index is 0.402. The van der Waals surface area contributed by atoms with Crippen LogP contribution < -0.4 is 11.5 Å². The van der Waals surface area contributed by atoms with Gasteiger partial charge < -0.3 is 11.5 Å². The monoisotopic (exact) mass is 242 g/mol. The predicted molar refractivity (Wildman–Crippen MR) is 78.0 cm³/mol. The van der Waals surface area contributed by atoms with Crippen LogP contribution in [0, 0.1) is 5.41 Å². The first-order valence-corrected chi connectivity index (χ1v) is 7.42. The summed E-state index contributed by atoms with van der Waals surface area (Å²) in [6.07, 6.45) is 9.67. The van der Waals surface area contributed by atoms with Crippen LogP contribution in [0.15, 0.2) is 0 Å². The summed E-state index contributed by atoms with van der Waals surface area (Å²) in [5.74, 6) is 0. The van der Waals surface area contributed by atoms with Crippen LogP contribution in [0.5, 0.6) is 0 Å². The average Bonchev–Trinajstić information content (AvgIpc) is 2.27. The third-order valence-electron chi connectivity index (χ3n) is 3.91.